The summed E-state index contributed by atoms with van der Waals surface area (Å²) in [5, 5.41) is 2.29. The lowest BCUT2D eigenvalue weighted by Gasteiger charge is -2.15. The molecule has 162 valence electrons. The van der Waals surface area contributed by atoms with Crippen LogP contribution in [0.25, 0.3) is 0 Å². The van der Waals surface area contributed by atoms with Crippen LogP contribution in [-0.4, -0.2) is 39.0 Å². The summed E-state index contributed by atoms with van der Waals surface area (Å²) in [5.74, 6) is -2.27. The van der Waals surface area contributed by atoms with Gasteiger partial charge < -0.3 is 14.8 Å². The topological polar surface area (TPSA) is 98.8 Å². The molecule has 0 aliphatic rings. The molecule has 2 aromatic carbocycles. The maximum absolute atomic E-state index is 12.3. The van der Waals surface area contributed by atoms with Gasteiger partial charge in [-0.15, -0.1) is 13.2 Å². The van der Waals surface area contributed by atoms with Gasteiger partial charge >= 0.3 is 12.3 Å². The molecule has 0 saturated carbocycles. The minimum atomic E-state index is -4.84. The highest BCUT2D eigenvalue weighted by atomic mass is 35.5. The smallest absolute Gasteiger partial charge is 0.449 e. The van der Waals surface area contributed by atoms with Crippen molar-refractivity contribution >= 4 is 39.0 Å². The van der Waals surface area contributed by atoms with Gasteiger partial charge in [-0.2, -0.15) is 0 Å². The van der Waals surface area contributed by atoms with E-state index in [-0.39, 0.29) is 21.2 Å². The van der Waals surface area contributed by atoms with E-state index >= 15 is 0 Å². The number of anilines is 1. The lowest BCUT2D eigenvalue weighted by atomic mass is 10.2. The van der Waals surface area contributed by atoms with Gasteiger partial charge in [0.2, 0.25) is 0 Å². The molecule has 2 rings (SSSR count). The number of rotatable bonds is 6. The van der Waals surface area contributed by atoms with Crippen LogP contribution in [0.5, 0.6) is 5.75 Å². The predicted molar refractivity (Wildman–Crippen MR) is 101 cm³/mol. The van der Waals surface area contributed by atoms with Crippen molar-refractivity contribution in [2.45, 2.75) is 24.3 Å². The Bertz CT molecular complexity index is 1050. The molecule has 1 amide bonds. The Kier molecular flexibility index (Phi) is 6.99. The van der Waals surface area contributed by atoms with Crippen LogP contribution in [0.2, 0.25) is 5.02 Å². The molecule has 0 aliphatic heterocycles. The van der Waals surface area contributed by atoms with Crippen LogP contribution >= 0.6 is 11.6 Å². The first kappa shape index (κ1) is 23.5. The first-order valence-electron chi connectivity index (χ1n) is 8.13. The number of ether oxygens (including phenoxy) is 2. The van der Waals surface area contributed by atoms with Crippen LogP contribution in [0.15, 0.2) is 47.4 Å². The summed E-state index contributed by atoms with van der Waals surface area (Å²) in [6.45, 7) is 1.25. The largest absolute Gasteiger partial charge is 0.573 e. The molecule has 7 nitrogen and oxygen atoms in total. The van der Waals surface area contributed by atoms with E-state index in [0.717, 1.165) is 24.5 Å². The Morgan fingerprint density at radius 2 is 1.70 bits per heavy atom. The Morgan fingerprint density at radius 3 is 2.23 bits per heavy atom. The second kappa shape index (κ2) is 8.92. The molecule has 0 radical (unpaired) electrons. The zero-order valence-corrected chi connectivity index (χ0v) is 17.1. The number of hydrogen-bond donors (Lipinski definition) is 1. The molecule has 1 N–H and O–H groups in total. The van der Waals surface area contributed by atoms with Crippen LogP contribution in [0.1, 0.15) is 17.3 Å². The Morgan fingerprint density at radius 1 is 1.10 bits per heavy atom. The van der Waals surface area contributed by atoms with Crippen LogP contribution in [0.3, 0.4) is 0 Å². The molecule has 0 heterocycles. The number of esters is 1. The Hall–Kier alpha value is -2.79. The summed E-state index contributed by atoms with van der Waals surface area (Å²) in [6, 6.07) is 7.79. The van der Waals surface area contributed by atoms with Gasteiger partial charge in [-0.25, -0.2) is 13.2 Å². The summed E-state index contributed by atoms with van der Waals surface area (Å²) in [7, 11) is -3.60. The van der Waals surface area contributed by atoms with Crippen molar-refractivity contribution in [1.29, 1.82) is 0 Å². The third-order valence-electron chi connectivity index (χ3n) is 3.59. The normalized spacial score (nSPS) is 12.7. The molecule has 0 aromatic heterocycles. The average molecular weight is 466 g/mol. The standard InChI is InChI=1S/C18H15ClF3NO6S/c1-10(16(24)23-11-3-5-12(6-4-11)29-18(20,21)22)28-17(25)14-9-13(30(2,26)27)7-8-15(14)19/h3-10H,1-2H3,(H,23,24). The number of benzene rings is 2. The maximum atomic E-state index is 12.3. The molecule has 0 aliphatic carbocycles. The van der Waals surface area contributed by atoms with Gasteiger partial charge in [-0.1, -0.05) is 11.6 Å². The fraction of sp³-hybridized carbons (Fsp3) is 0.222. The van der Waals surface area contributed by atoms with Crippen LogP contribution in [-0.2, 0) is 19.4 Å². The van der Waals surface area contributed by atoms with E-state index in [2.05, 4.69) is 10.1 Å². The molecule has 30 heavy (non-hydrogen) atoms. The number of sulfone groups is 1. The van der Waals surface area contributed by atoms with E-state index in [1.165, 1.54) is 31.2 Å². The maximum Gasteiger partial charge on any atom is 0.573 e. The quantitative estimate of drug-likeness (QED) is 0.651. The third kappa shape index (κ3) is 6.63. The van der Waals surface area contributed by atoms with E-state index in [4.69, 9.17) is 16.3 Å². The van der Waals surface area contributed by atoms with Crippen molar-refractivity contribution in [1.82, 2.24) is 0 Å². The number of halogens is 4. The third-order valence-corrected chi connectivity index (χ3v) is 5.03. The van der Waals surface area contributed by atoms with Gasteiger partial charge in [0.1, 0.15) is 5.75 Å². The van der Waals surface area contributed by atoms with Crippen molar-refractivity contribution in [3.8, 4) is 5.75 Å². The molecule has 1 atom stereocenters. The van der Waals surface area contributed by atoms with Crippen LogP contribution < -0.4 is 10.1 Å². The molecule has 1 unspecified atom stereocenters. The van der Waals surface area contributed by atoms with E-state index in [0.29, 0.717) is 0 Å². The van der Waals surface area contributed by atoms with Gasteiger partial charge in [-0.05, 0) is 49.4 Å². The minimum absolute atomic E-state index is 0.0692. The van der Waals surface area contributed by atoms with E-state index in [1.807, 2.05) is 0 Å². The van der Waals surface area contributed by atoms with Gasteiger partial charge in [-0.3, -0.25) is 4.79 Å². The van der Waals surface area contributed by atoms with Gasteiger partial charge in [0, 0.05) is 11.9 Å². The van der Waals surface area contributed by atoms with E-state index in [1.54, 1.807) is 0 Å². The van der Waals surface area contributed by atoms with Crippen molar-refractivity contribution < 1.29 is 40.7 Å². The fourth-order valence-electron chi connectivity index (χ4n) is 2.15. The number of hydrogen-bond acceptors (Lipinski definition) is 6. The predicted octanol–water partition coefficient (Wildman–Crippen LogP) is 3.83. The molecule has 0 fully saturated rings. The summed E-state index contributed by atoms with van der Waals surface area (Å²) in [5.41, 5.74) is -0.109. The van der Waals surface area contributed by atoms with E-state index in [9.17, 15) is 31.2 Å². The molecular formula is C18H15ClF3NO6S. The first-order chi connectivity index (χ1) is 13.8. The first-order valence-corrected chi connectivity index (χ1v) is 10.4. The highest BCUT2D eigenvalue weighted by Gasteiger charge is 2.31. The van der Waals surface area contributed by atoms with E-state index < -0.39 is 39.9 Å². The summed E-state index contributed by atoms with van der Waals surface area (Å²) >= 11 is 5.91. The number of nitrogens with one attached hydrogen (secondary N) is 1. The number of alkyl halides is 3. The summed E-state index contributed by atoms with van der Waals surface area (Å²) < 4.78 is 68.4. The number of carbonyl (C=O) groups is 2. The lowest BCUT2D eigenvalue weighted by molar-refractivity contribution is -0.274. The van der Waals surface area contributed by atoms with Crippen LogP contribution in [0.4, 0.5) is 18.9 Å². The van der Waals surface area contributed by atoms with Crippen molar-refractivity contribution in [3.05, 3.63) is 53.1 Å². The fourth-order valence-corrected chi connectivity index (χ4v) is 2.99. The highest BCUT2D eigenvalue weighted by molar-refractivity contribution is 7.90. The van der Waals surface area contributed by atoms with Gasteiger partial charge in [0.05, 0.1) is 15.5 Å². The zero-order valence-electron chi connectivity index (χ0n) is 15.5. The molecule has 0 bridgehead atoms. The Labute approximate surface area is 174 Å². The number of carbonyl (C=O) groups excluding carboxylic acids is 2. The molecule has 2 aromatic rings. The van der Waals surface area contributed by atoms with Crippen molar-refractivity contribution in [3.63, 3.8) is 0 Å². The van der Waals surface area contributed by atoms with Crippen LogP contribution in [0, 0.1) is 0 Å². The molecule has 0 saturated heterocycles. The molecule has 0 spiro atoms. The van der Waals surface area contributed by atoms with Crippen molar-refractivity contribution in [2.75, 3.05) is 11.6 Å². The zero-order chi connectivity index (χ0) is 22.7. The highest BCUT2D eigenvalue weighted by Crippen LogP contribution is 2.24. The second-order valence-electron chi connectivity index (χ2n) is 6.02. The minimum Gasteiger partial charge on any atom is -0.449 e. The monoisotopic (exact) mass is 465 g/mol. The molecule has 12 heteroatoms. The second-order valence-corrected chi connectivity index (χ2v) is 8.45. The summed E-state index contributed by atoms with van der Waals surface area (Å²) in [6.07, 6.45) is -5.21. The average Bonchev–Trinajstić information content (AvgIpc) is 2.61. The van der Waals surface area contributed by atoms with Gasteiger partial charge in [0.25, 0.3) is 5.91 Å². The Balaban J connectivity index is 2.05. The van der Waals surface area contributed by atoms with Gasteiger partial charge in [0.15, 0.2) is 15.9 Å². The number of amides is 1. The lowest BCUT2D eigenvalue weighted by Crippen LogP contribution is -2.30. The SMILES string of the molecule is CC(OC(=O)c1cc(S(C)(=O)=O)ccc1Cl)C(=O)Nc1ccc(OC(F)(F)F)cc1. The summed E-state index contributed by atoms with van der Waals surface area (Å²) in [4.78, 5) is 24.3. The molecular weight excluding hydrogens is 451 g/mol. The van der Waals surface area contributed by atoms with Crippen molar-refractivity contribution in [2.24, 2.45) is 0 Å².